The second-order valence-electron chi connectivity index (χ2n) is 7.47. The summed E-state index contributed by atoms with van der Waals surface area (Å²) in [6, 6.07) is 30.9. The highest BCUT2D eigenvalue weighted by Gasteiger charge is 2.17. The molecule has 0 saturated heterocycles. The minimum atomic E-state index is 1.21. The average Bonchev–Trinajstić information content (AvgIpc) is 3.30. The number of aromatic nitrogens is 1. The van der Waals surface area contributed by atoms with E-state index >= 15 is 0 Å². The van der Waals surface area contributed by atoms with E-state index in [-0.39, 0.29) is 0 Å². The van der Waals surface area contributed by atoms with Crippen molar-refractivity contribution >= 4 is 74.9 Å². The van der Waals surface area contributed by atoms with Gasteiger partial charge in [-0.1, -0.05) is 66.7 Å². The Morgan fingerprint density at radius 3 is 2.11 bits per heavy atom. The lowest BCUT2D eigenvalue weighted by Crippen LogP contribution is -1.78. The van der Waals surface area contributed by atoms with Crippen LogP contribution in [0.5, 0.6) is 0 Å². The maximum Gasteiger partial charge on any atom is 0.0559 e. The molecule has 5 aromatic carbocycles. The molecule has 0 fully saturated rings. The zero-order chi connectivity index (χ0) is 18.2. The fourth-order valence-corrected chi connectivity index (χ4v) is 6.01. The molecule has 7 rings (SSSR count). The van der Waals surface area contributed by atoms with E-state index in [1.54, 1.807) is 0 Å². The van der Waals surface area contributed by atoms with Gasteiger partial charge in [0.15, 0.2) is 0 Å². The van der Waals surface area contributed by atoms with Gasteiger partial charge in [-0.15, -0.1) is 11.3 Å². The van der Waals surface area contributed by atoms with Gasteiger partial charge in [0.25, 0.3) is 0 Å². The number of hydrogen-bond acceptors (Lipinski definition) is 1. The van der Waals surface area contributed by atoms with Crippen LogP contribution in [0.4, 0.5) is 0 Å². The molecule has 7 aromatic rings. The number of nitrogens with one attached hydrogen (secondary N) is 1. The van der Waals surface area contributed by atoms with Crippen LogP contribution in [0.2, 0.25) is 0 Å². The van der Waals surface area contributed by atoms with Crippen LogP contribution in [-0.4, -0.2) is 4.98 Å². The molecule has 0 saturated carbocycles. The number of fused-ring (bicyclic) bond motifs is 11. The fourth-order valence-electron chi connectivity index (χ4n) is 4.73. The highest BCUT2D eigenvalue weighted by Crippen LogP contribution is 2.46. The Labute approximate surface area is 164 Å². The summed E-state index contributed by atoms with van der Waals surface area (Å²) in [5.74, 6) is 0. The highest BCUT2D eigenvalue weighted by molar-refractivity contribution is 7.27. The third kappa shape index (κ3) is 1.76. The second kappa shape index (κ2) is 5.12. The molecule has 0 aliphatic heterocycles. The van der Waals surface area contributed by atoms with E-state index < -0.39 is 0 Å². The van der Waals surface area contributed by atoms with Crippen molar-refractivity contribution < 1.29 is 0 Å². The van der Waals surface area contributed by atoms with E-state index in [2.05, 4.69) is 89.9 Å². The van der Waals surface area contributed by atoms with Crippen molar-refractivity contribution in [3.63, 3.8) is 0 Å². The van der Waals surface area contributed by atoms with E-state index in [9.17, 15) is 0 Å². The lowest BCUT2D eigenvalue weighted by Gasteiger charge is -2.04. The normalized spacial score (nSPS) is 12.3. The quantitative estimate of drug-likeness (QED) is 0.277. The molecule has 2 heteroatoms. The molecule has 0 radical (unpaired) electrons. The van der Waals surface area contributed by atoms with Crippen molar-refractivity contribution in [1.29, 1.82) is 0 Å². The van der Waals surface area contributed by atoms with E-state index in [1.165, 1.54) is 63.5 Å². The molecule has 0 amide bonds. The molecule has 1 N–H and O–H groups in total. The number of benzene rings is 5. The maximum absolute atomic E-state index is 3.76. The van der Waals surface area contributed by atoms with Crippen molar-refractivity contribution in [2.45, 2.75) is 0 Å². The van der Waals surface area contributed by atoms with Crippen LogP contribution in [0.15, 0.2) is 84.9 Å². The Hall–Kier alpha value is -3.36. The third-order valence-electron chi connectivity index (χ3n) is 5.95. The van der Waals surface area contributed by atoms with Crippen molar-refractivity contribution in [3.8, 4) is 0 Å². The topological polar surface area (TPSA) is 15.8 Å². The number of hydrogen-bond donors (Lipinski definition) is 1. The van der Waals surface area contributed by atoms with Gasteiger partial charge in [0.2, 0.25) is 0 Å². The predicted molar refractivity (Wildman–Crippen MR) is 124 cm³/mol. The highest BCUT2D eigenvalue weighted by atomic mass is 32.1. The fraction of sp³-hybridized carbons (Fsp3) is 0. The molecule has 0 bridgehead atoms. The monoisotopic (exact) mass is 373 g/mol. The van der Waals surface area contributed by atoms with Crippen molar-refractivity contribution in [1.82, 2.24) is 4.98 Å². The predicted octanol–water partition coefficient (Wildman–Crippen LogP) is 8.00. The molecule has 2 heterocycles. The molecule has 0 spiro atoms. The summed E-state index contributed by atoms with van der Waals surface area (Å²) in [7, 11) is 0. The van der Waals surface area contributed by atoms with Crippen LogP contribution < -0.4 is 0 Å². The summed E-state index contributed by atoms with van der Waals surface area (Å²) >= 11 is 1.91. The van der Waals surface area contributed by atoms with Gasteiger partial charge in [-0.25, -0.2) is 0 Å². The van der Waals surface area contributed by atoms with Crippen LogP contribution in [0.3, 0.4) is 0 Å². The standard InChI is InChI=1S/C26H15NS/c1-2-8-16-14-21-20(13-15(16)7-1)24-25(27-21)18-10-4-3-9-17(18)23-19-11-5-6-12-22(19)28-26(23)24/h1-14,27H. The van der Waals surface area contributed by atoms with E-state index in [0.717, 1.165) is 0 Å². The van der Waals surface area contributed by atoms with Gasteiger partial charge < -0.3 is 4.98 Å². The molecular weight excluding hydrogens is 358 g/mol. The zero-order valence-electron chi connectivity index (χ0n) is 15.0. The molecule has 130 valence electrons. The average molecular weight is 373 g/mol. The number of thiophene rings is 1. The summed E-state index contributed by atoms with van der Waals surface area (Å²) in [5.41, 5.74) is 2.46. The summed E-state index contributed by atoms with van der Waals surface area (Å²) in [6.07, 6.45) is 0. The van der Waals surface area contributed by atoms with Gasteiger partial charge in [-0.3, -0.25) is 0 Å². The minimum Gasteiger partial charge on any atom is -0.354 e. The molecular formula is C26H15NS. The molecule has 0 aliphatic rings. The summed E-state index contributed by atoms with van der Waals surface area (Å²) in [6.45, 7) is 0. The number of H-pyrrole nitrogens is 1. The van der Waals surface area contributed by atoms with Gasteiger partial charge in [-0.2, -0.15) is 0 Å². The summed E-state index contributed by atoms with van der Waals surface area (Å²) in [4.78, 5) is 3.76. The van der Waals surface area contributed by atoms with E-state index in [1.807, 2.05) is 11.3 Å². The van der Waals surface area contributed by atoms with Crippen molar-refractivity contribution in [3.05, 3.63) is 84.9 Å². The number of rotatable bonds is 0. The molecule has 0 aliphatic carbocycles. The van der Waals surface area contributed by atoms with E-state index in [0.29, 0.717) is 0 Å². The molecule has 0 unspecified atom stereocenters. The minimum absolute atomic E-state index is 1.21. The van der Waals surface area contributed by atoms with Crippen LogP contribution in [0, 0.1) is 0 Å². The van der Waals surface area contributed by atoms with Gasteiger partial charge in [0.1, 0.15) is 0 Å². The SMILES string of the molecule is c1ccc2cc3c(cc2c1)[nH]c1c2ccccc2c2c4ccccc4sc2c31. The second-order valence-corrected chi connectivity index (χ2v) is 8.52. The lowest BCUT2D eigenvalue weighted by molar-refractivity contribution is 1.57. The van der Waals surface area contributed by atoms with E-state index in [4.69, 9.17) is 0 Å². The summed E-state index contributed by atoms with van der Waals surface area (Å²) < 4.78 is 2.74. The Morgan fingerprint density at radius 2 is 1.25 bits per heavy atom. The first-order chi connectivity index (χ1) is 13.9. The van der Waals surface area contributed by atoms with Gasteiger partial charge in [0.05, 0.1) is 5.52 Å². The van der Waals surface area contributed by atoms with Crippen molar-refractivity contribution in [2.24, 2.45) is 0 Å². The first-order valence-electron chi connectivity index (χ1n) is 9.54. The Morgan fingerprint density at radius 1 is 0.571 bits per heavy atom. The summed E-state index contributed by atoms with van der Waals surface area (Å²) in [5, 5.41) is 10.6. The van der Waals surface area contributed by atoms with Gasteiger partial charge in [0, 0.05) is 41.8 Å². The zero-order valence-corrected chi connectivity index (χ0v) is 15.8. The Bertz CT molecular complexity index is 1720. The maximum atomic E-state index is 3.76. The smallest absolute Gasteiger partial charge is 0.0559 e. The molecule has 28 heavy (non-hydrogen) atoms. The largest absolute Gasteiger partial charge is 0.354 e. The van der Waals surface area contributed by atoms with Crippen LogP contribution >= 0.6 is 11.3 Å². The Kier molecular flexibility index (Phi) is 2.68. The Balaban J connectivity index is 1.86. The molecule has 1 nitrogen and oxygen atoms in total. The lowest BCUT2D eigenvalue weighted by atomic mass is 9.99. The van der Waals surface area contributed by atoms with Crippen LogP contribution in [0.1, 0.15) is 0 Å². The first-order valence-corrected chi connectivity index (χ1v) is 10.4. The third-order valence-corrected chi connectivity index (χ3v) is 7.14. The van der Waals surface area contributed by atoms with Crippen LogP contribution in [0.25, 0.3) is 63.5 Å². The van der Waals surface area contributed by atoms with Gasteiger partial charge >= 0.3 is 0 Å². The number of aromatic amines is 1. The van der Waals surface area contributed by atoms with Crippen molar-refractivity contribution in [2.75, 3.05) is 0 Å². The van der Waals surface area contributed by atoms with Gasteiger partial charge in [-0.05, 0) is 34.4 Å². The first kappa shape index (κ1) is 14.7. The molecule has 2 aromatic heterocycles. The molecule has 0 atom stereocenters. The van der Waals surface area contributed by atoms with Crippen LogP contribution in [-0.2, 0) is 0 Å².